The second kappa shape index (κ2) is 8.24. The average Bonchev–Trinajstić information content (AvgIpc) is 2.53. The third kappa shape index (κ3) is 5.03. The number of carbonyl (C=O) groups is 2. The van der Waals surface area contributed by atoms with Gasteiger partial charge in [-0.15, -0.1) is 0 Å². The van der Waals surface area contributed by atoms with Crippen LogP contribution in [0, 0.1) is 5.92 Å². The van der Waals surface area contributed by atoms with Crippen LogP contribution in [0.2, 0.25) is 5.02 Å². The molecule has 1 atom stereocenters. The molecule has 132 valence electrons. The number of anilines is 1. The molecule has 1 fully saturated rings. The molecule has 0 unspecified atom stereocenters. The van der Waals surface area contributed by atoms with Crippen LogP contribution in [-0.2, 0) is 4.79 Å². The van der Waals surface area contributed by atoms with Gasteiger partial charge in [0, 0.05) is 36.9 Å². The Bertz CT molecular complexity index is 586. The van der Waals surface area contributed by atoms with Gasteiger partial charge in [-0.2, -0.15) is 0 Å². The van der Waals surface area contributed by atoms with E-state index in [4.69, 9.17) is 17.3 Å². The first kappa shape index (κ1) is 18.4. The van der Waals surface area contributed by atoms with Crippen molar-refractivity contribution < 1.29 is 9.59 Å². The van der Waals surface area contributed by atoms with Gasteiger partial charge in [0.05, 0.1) is 0 Å². The number of halogens is 1. The minimum atomic E-state index is -0.661. The lowest BCUT2D eigenvalue weighted by atomic mass is 10.0. The summed E-state index contributed by atoms with van der Waals surface area (Å²) in [5.74, 6) is 0.229. The Kier molecular flexibility index (Phi) is 6.31. The number of benzene rings is 1. The standard InChI is InChI=1S/C17H25ClN4O2/c1-12(2)10-15(20-17(19)24)16(23)22-8-6-21(7-9-22)14-5-3-4-13(18)11-14/h3-5,11-12,15H,6-10H2,1-2H3,(H3,19,20,24)/t15-/m1/s1. The number of nitrogens with one attached hydrogen (secondary N) is 1. The molecule has 0 radical (unpaired) electrons. The predicted octanol–water partition coefficient (Wildman–Crippen LogP) is 2.07. The van der Waals surface area contributed by atoms with Gasteiger partial charge in [0.15, 0.2) is 0 Å². The number of nitrogens with zero attached hydrogens (tertiary/aromatic N) is 2. The summed E-state index contributed by atoms with van der Waals surface area (Å²) in [5.41, 5.74) is 6.27. The molecule has 0 aromatic heterocycles. The minimum Gasteiger partial charge on any atom is -0.368 e. The summed E-state index contributed by atoms with van der Waals surface area (Å²) >= 11 is 6.04. The van der Waals surface area contributed by atoms with Crippen LogP contribution in [-0.4, -0.2) is 49.1 Å². The van der Waals surface area contributed by atoms with E-state index < -0.39 is 12.1 Å². The van der Waals surface area contributed by atoms with E-state index in [1.54, 1.807) is 4.90 Å². The van der Waals surface area contributed by atoms with Gasteiger partial charge in [0.25, 0.3) is 0 Å². The normalized spacial score (nSPS) is 16.2. The van der Waals surface area contributed by atoms with Gasteiger partial charge < -0.3 is 20.9 Å². The predicted molar refractivity (Wildman–Crippen MR) is 96.2 cm³/mol. The number of amides is 3. The van der Waals surface area contributed by atoms with Gasteiger partial charge in [0.1, 0.15) is 6.04 Å². The molecule has 0 saturated carbocycles. The molecular formula is C17H25ClN4O2. The largest absolute Gasteiger partial charge is 0.368 e. The number of hydrogen-bond donors (Lipinski definition) is 2. The average molecular weight is 353 g/mol. The van der Waals surface area contributed by atoms with Crippen LogP contribution >= 0.6 is 11.6 Å². The Morgan fingerprint density at radius 1 is 1.25 bits per heavy atom. The Morgan fingerprint density at radius 2 is 1.92 bits per heavy atom. The monoisotopic (exact) mass is 352 g/mol. The van der Waals surface area contributed by atoms with Gasteiger partial charge in [0.2, 0.25) is 5.91 Å². The maximum atomic E-state index is 12.7. The second-order valence-corrected chi connectivity index (χ2v) is 6.92. The van der Waals surface area contributed by atoms with Gasteiger partial charge in [-0.3, -0.25) is 4.79 Å². The Hall–Kier alpha value is -1.95. The molecule has 0 bridgehead atoms. The van der Waals surface area contributed by atoms with Crippen molar-refractivity contribution in [3.8, 4) is 0 Å². The fourth-order valence-electron chi connectivity index (χ4n) is 2.94. The topological polar surface area (TPSA) is 78.7 Å². The lowest BCUT2D eigenvalue weighted by molar-refractivity contribution is -0.133. The highest BCUT2D eigenvalue weighted by atomic mass is 35.5. The quantitative estimate of drug-likeness (QED) is 0.851. The summed E-state index contributed by atoms with van der Waals surface area (Å²) in [5, 5.41) is 3.28. The molecule has 24 heavy (non-hydrogen) atoms. The van der Waals surface area contributed by atoms with Crippen LogP contribution in [0.5, 0.6) is 0 Å². The van der Waals surface area contributed by atoms with E-state index in [-0.39, 0.29) is 5.91 Å². The smallest absolute Gasteiger partial charge is 0.312 e. The van der Waals surface area contributed by atoms with Crippen molar-refractivity contribution in [2.45, 2.75) is 26.3 Å². The van der Waals surface area contributed by atoms with Gasteiger partial charge in [-0.05, 0) is 30.5 Å². The number of urea groups is 1. The molecule has 2 rings (SSSR count). The van der Waals surface area contributed by atoms with Crippen molar-refractivity contribution in [2.75, 3.05) is 31.1 Å². The fraction of sp³-hybridized carbons (Fsp3) is 0.529. The van der Waals surface area contributed by atoms with Crippen molar-refractivity contribution >= 4 is 29.2 Å². The zero-order valence-electron chi connectivity index (χ0n) is 14.2. The molecule has 1 heterocycles. The van der Waals surface area contributed by atoms with Crippen LogP contribution in [0.25, 0.3) is 0 Å². The van der Waals surface area contributed by atoms with Crippen LogP contribution in [0.3, 0.4) is 0 Å². The van der Waals surface area contributed by atoms with Gasteiger partial charge in [-0.1, -0.05) is 31.5 Å². The molecule has 3 amide bonds. The first-order valence-corrected chi connectivity index (χ1v) is 8.60. The van der Waals surface area contributed by atoms with E-state index in [0.29, 0.717) is 30.5 Å². The Balaban J connectivity index is 1.96. The fourth-order valence-corrected chi connectivity index (χ4v) is 3.13. The molecule has 3 N–H and O–H groups in total. The molecule has 1 aliphatic rings. The van der Waals surface area contributed by atoms with Crippen LogP contribution in [0.4, 0.5) is 10.5 Å². The highest BCUT2D eigenvalue weighted by Crippen LogP contribution is 2.21. The summed E-state index contributed by atoms with van der Waals surface area (Å²) in [6.07, 6.45) is 0.580. The number of piperazine rings is 1. The lowest BCUT2D eigenvalue weighted by Gasteiger charge is -2.37. The molecule has 7 heteroatoms. The van der Waals surface area contributed by atoms with E-state index in [9.17, 15) is 9.59 Å². The first-order valence-electron chi connectivity index (χ1n) is 8.22. The summed E-state index contributed by atoms with van der Waals surface area (Å²) in [7, 11) is 0. The van der Waals surface area contributed by atoms with E-state index in [0.717, 1.165) is 18.8 Å². The minimum absolute atomic E-state index is 0.0618. The zero-order chi connectivity index (χ0) is 17.7. The molecule has 0 spiro atoms. The molecule has 1 aromatic carbocycles. The highest BCUT2D eigenvalue weighted by Gasteiger charge is 2.28. The maximum Gasteiger partial charge on any atom is 0.312 e. The number of hydrogen-bond acceptors (Lipinski definition) is 3. The van der Waals surface area contributed by atoms with Gasteiger partial charge in [-0.25, -0.2) is 4.79 Å². The first-order chi connectivity index (χ1) is 11.4. The van der Waals surface area contributed by atoms with E-state index >= 15 is 0 Å². The zero-order valence-corrected chi connectivity index (χ0v) is 14.9. The summed E-state index contributed by atoms with van der Waals surface area (Å²) in [6.45, 7) is 6.72. The second-order valence-electron chi connectivity index (χ2n) is 6.48. The number of carbonyl (C=O) groups excluding carboxylic acids is 2. The third-order valence-electron chi connectivity index (χ3n) is 4.09. The van der Waals surface area contributed by atoms with Crippen LogP contribution < -0.4 is 16.0 Å². The maximum absolute atomic E-state index is 12.7. The number of rotatable bonds is 5. The van der Waals surface area contributed by atoms with Crippen LogP contribution in [0.1, 0.15) is 20.3 Å². The Labute approximate surface area is 147 Å². The summed E-state index contributed by atoms with van der Waals surface area (Å²) in [4.78, 5) is 27.8. The van der Waals surface area contributed by atoms with E-state index in [1.165, 1.54) is 0 Å². The van der Waals surface area contributed by atoms with Crippen molar-refractivity contribution in [3.63, 3.8) is 0 Å². The van der Waals surface area contributed by atoms with Crippen molar-refractivity contribution in [1.29, 1.82) is 0 Å². The molecular weight excluding hydrogens is 328 g/mol. The molecule has 6 nitrogen and oxygen atoms in total. The molecule has 1 aliphatic heterocycles. The van der Waals surface area contributed by atoms with E-state index in [2.05, 4.69) is 10.2 Å². The highest BCUT2D eigenvalue weighted by molar-refractivity contribution is 6.30. The summed E-state index contributed by atoms with van der Waals surface area (Å²) in [6, 6.07) is 6.49. The lowest BCUT2D eigenvalue weighted by Crippen LogP contribution is -2.56. The summed E-state index contributed by atoms with van der Waals surface area (Å²) < 4.78 is 0. The van der Waals surface area contributed by atoms with Crippen LogP contribution in [0.15, 0.2) is 24.3 Å². The van der Waals surface area contributed by atoms with E-state index in [1.807, 2.05) is 38.1 Å². The third-order valence-corrected chi connectivity index (χ3v) is 4.32. The van der Waals surface area contributed by atoms with Crippen molar-refractivity contribution in [3.05, 3.63) is 29.3 Å². The Morgan fingerprint density at radius 3 is 2.46 bits per heavy atom. The SMILES string of the molecule is CC(C)C[C@@H](NC(N)=O)C(=O)N1CCN(c2cccc(Cl)c2)CC1. The number of primary amides is 1. The number of nitrogens with two attached hydrogens (primary N) is 1. The van der Waals surface area contributed by atoms with Gasteiger partial charge >= 0.3 is 6.03 Å². The van der Waals surface area contributed by atoms with Crippen molar-refractivity contribution in [1.82, 2.24) is 10.2 Å². The van der Waals surface area contributed by atoms with Crippen molar-refractivity contribution in [2.24, 2.45) is 11.7 Å². The molecule has 1 aromatic rings. The molecule has 0 aliphatic carbocycles. The molecule has 1 saturated heterocycles.